The van der Waals surface area contributed by atoms with Gasteiger partial charge in [0.2, 0.25) is 5.91 Å². The Morgan fingerprint density at radius 2 is 1.77 bits per heavy atom. The van der Waals surface area contributed by atoms with E-state index in [0.717, 1.165) is 24.0 Å². The molecule has 1 aromatic rings. The molecule has 1 N–H and O–H groups in total. The quantitative estimate of drug-likeness (QED) is 0.874. The molecule has 1 amide bonds. The fourth-order valence-electron chi connectivity index (χ4n) is 2.24. The Kier molecular flexibility index (Phi) is 4.95. The Balaban J connectivity index is 1.91. The van der Waals surface area contributed by atoms with Crippen LogP contribution >= 0.6 is 0 Å². The lowest BCUT2D eigenvalue weighted by Gasteiger charge is -2.19. The van der Waals surface area contributed by atoms with Gasteiger partial charge in [-0.05, 0) is 35.3 Å². The van der Waals surface area contributed by atoms with Crippen LogP contribution in [0.15, 0.2) is 24.3 Å². The van der Waals surface area contributed by atoms with Crippen molar-refractivity contribution < 1.29 is 13.2 Å². The molecular formula is C17H25NO3S. The van der Waals surface area contributed by atoms with Gasteiger partial charge in [-0.15, -0.1) is 0 Å². The number of benzene rings is 1. The summed E-state index contributed by atoms with van der Waals surface area (Å²) in [5.74, 6) is -0.357. The van der Waals surface area contributed by atoms with Gasteiger partial charge in [-0.1, -0.05) is 45.0 Å². The van der Waals surface area contributed by atoms with Crippen LogP contribution < -0.4 is 5.32 Å². The lowest BCUT2D eigenvalue weighted by atomic mass is 9.87. The van der Waals surface area contributed by atoms with Crippen molar-refractivity contribution >= 4 is 15.7 Å². The summed E-state index contributed by atoms with van der Waals surface area (Å²) in [5.41, 5.74) is 1.93. The molecule has 1 fully saturated rings. The highest BCUT2D eigenvalue weighted by Gasteiger charge is 2.23. The first-order chi connectivity index (χ1) is 10.2. The van der Waals surface area contributed by atoms with E-state index in [1.807, 2.05) is 24.3 Å². The first-order valence-corrected chi connectivity index (χ1v) is 9.54. The zero-order valence-electron chi connectivity index (χ0n) is 13.6. The maximum atomic E-state index is 12.1. The summed E-state index contributed by atoms with van der Waals surface area (Å²) in [4.78, 5) is 11.7. The van der Waals surface area contributed by atoms with E-state index in [1.54, 1.807) is 0 Å². The van der Waals surface area contributed by atoms with Gasteiger partial charge in [-0.3, -0.25) is 4.79 Å². The number of rotatable bonds is 6. The largest absolute Gasteiger partial charge is 0.355 e. The van der Waals surface area contributed by atoms with E-state index in [2.05, 4.69) is 26.1 Å². The van der Waals surface area contributed by atoms with E-state index >= 15 is 0 Å². The van der Waals surface area contributed by atoms with Crippen LogP contribution in [0.4, 0.5) is 0 Å². The second kappa shape index (κ2) is 6.41. The number of carbonyl (C=O) groups excluding carboxylic acids is 1. The van der Waals surface area contributed by atoms with Gasteiger partial charge in [0, 0.05) is 6.54 Å². The van der Waals surface area contributed by atoms with Crippen molar-refractivity contribution in [1.82, 2.24) is 5.32 Å². The zero-order valence-corrected chi connectivity index (χ0v) is 14.4. The molecule has 0 heterocycles. The number of nitrogens with one attached hydrogen (secondary N) is 1. The van der Waals surface area contributed by atoms with Gasteiger partial charge in [0.1, 0.15) is 5.75 Å². The second-order valence-electron chi connectivity index (χ2n) is 7.23. The van der Waals surface area contributed by atoms with Gasteiger partial charge < -0.3 is 5.32 Å². The van der Waals surface area contributed by atoms with Crippen molar-refractivity contribution in [3.05, 3.63) is 35.4 Å². The van der Waals surface area contributed by atoms with E-state index in [1.165, 1.54) is 0 Å². The highest BCUT2D eigenvalue weighted by atomic mass is 32.2. The Hall–Kier alpha value is -1.36. The number of sulfone groups is 1. The Morgan fingerprint density at radius 3 is 2.27 bits per heavy atom. The zero-order chi connectivity index (χ0) is 16.4. The Morgan fingerprint density at radius 1 is 1.18 bits per heavy atom. The molecule has 0 aromatic heterocycles. The number of hydrogen-bond acceptors (Lipinski definition) is 3. The van der Waals surface area contributed by atoms with Crippen LogP contribution in [-0.4, -0.2) is 26.6 Å². The lowest BCUT2D eigenvalue weighted by Crippen LogP contribution is -2.32. The van der Waals surface area contributed by atoms with Gasteiger partial charge in [-0.25, -0.2) is 8.42 Å². The van der Waals surface area contributed by atoms with Crippen LogP contribution in [0.1, 0.15) is 44.7 Å². The van der Waals surface area contributed by atoms with Gasteiger partial charge in [0.05, 0.1) is 5.75 Å². The van der Waals surface area contributed by atoms with E-state index in [-0.39, 0.29) is 11.2 Å². The molecule has 0 spiro atoms. The maximum Gasteiger partial charge on any atom is 0.235 e. The SMILES string of the molecule is CC(C)(C)c1ccc(CS(=O)(=O)CC(=O)NCC2CC2)cc1. The molecule has 122 valence electrons. The van der Waals surface area contributed by atoms with Crippen molar-refractivity contribution in [2.45, 2.75) is 44.8 Å². The number of hydrogen-bond donors (Lipinski definition) is 1. The van der Waals surface area contributed by atoms with Crippen LogP contribution in [-0.2, 0) is 25.8 Å². The summed E-state index contributed by atoms with van der Waals surface area (Å²) in [7, 11) is -3.42. The average molecular weight is 323 g/mol. The fourth-order valence-corrected chi connectivity index (χ4v) is 3.54. The molecule has 1 aliphatic carbocycles. The Labute approximate surface area is 133 Å². The minimum Gasteiger partial charge on any atom is -0.355 e. The summed E-state index contributed by atoms with van der Waals surface area (Å²) in [6.07, 6.45) is 2.26. The molecule has 4 nitrogen and oxygen atoms in total. The third-order valence-corrected chi connectivity index (χ3v) is 5.32. The van der Waals surface area contributed by atoms with E-state index in [9.17, 15) is 13.2 Å². The van der Waals surface area contributed by atoms with E-state index < -0.39 is 21.5 Å². The fraction of sp³-hybridized carbons (Fsp3) is 0.588. The summed E-state index contributed by atoms with van der Waals surface area (Å²) < 4.78 is 24.2. The first-order valence-electron chi connectivity index (χ1n) is 7.72. The summed E-state index contributed by atoms with van der Waals surface area (Å²) in [6.45, 7) is 6.95. The first kappa shape index (κ1) is 17.0. The third kappa shape index (κ3) is 5.44. The van der Waals surface area contributed by atoms with Gasteiger partial charge in [-0.2, -0.15) is 0 Å². The molecule has 1 saturated carbocycles. The van der Waals surface area contributed by atoms with Crippen LogP contribution in [0.3, 0.4) is 0 Å². The monoisotopic (exact) mass is 323 g/mol. The van der Waals surface area contributed by atoms with Crippen molar-refractivity contribution in [3.8, 4) is 0 Å². The molecule has 0 saturated heterocycles. The molecule has 1 aromatic carbocycles. The molecule has 0 aliphatic heterocycles. The Bertz CT molecular complexity index is 623. The van der Waals surface area contributed by atoms with E-state index in [0.29, 0.717) is 12.5 Å². The van der Waals surface area contributed by atoms with Crippen LogP contribution in [0.25, 0.3) is 0 Å². The molecule has 22 heavy (non-hydrogen) atoms. The van der Waals surface area contributed by atoms with Crippen LogP contribution in [0, 0.1) is 5.92 Å². The molecule has 0 atom stereocenters. The summed E-state index contributed by atoms with van der Waals surface area (Å²) in [5, 5.41) is 2.70. The standard InChI is InChI=1S/C17H25NO3S/c1-17(2,3)15-8-6-14(7-9-15)11-22(20,21)12-16(19)18-10-13-4-5-13/h6-9,13H,4-5,10-12H2,1-3H3,(H,18,19). The lowest BCUT2D eigenvalue weighted by molar-refractivity contribution is -0.118. The predicted molar refractivity (Wildman–Crippen MR) is 88.4 cm³/mol. The van der Waals surface area contributed by atoms with Crippen molar-refractivity contribution in [2.24, 2.45) is 5.92 Å². The van der Waals surface area contributed by atoms with Gasteiger partial charge in [0.25, 0.3) is 0 Å². The highest BCUT2D eigenvalue weighted by Crippen LogP contribution is 2.27. The maximum absolute atomic E-state index is 12.1. The molecular weight excluding hydrogens is 298 g/mol. The normalized spacial score (nSPS) is 15.6. The topological polar surface area (TPSA) is 63.2 Å². The average Bonchev–Trinajstić information content (AvgIpc) is 3.18. The molecule has 0 bridgehead atoms. The van der Waals surface area contributed by atoms with Crippen molar-refractivity contribution in [1.29, 1.82) is 0 Å². The number of carbonyl (C=O) groups is 1. The summed E-state index contributed by atoms with van der Waals surface area (Å²) >= 11 is 0. The van der Waals surface area contributed by atoms with Gasteiger partial charge >= 0.3 is 0 Å². The van der Waals surface area contributed by atoms with Crippen LogP contribution in [0.2, 0.25) is 0 Å². The highest BCUT2D eigenvalue weighted by molar-refractivity contribution is 7.91. The molecule has 5 heteroatoms. The smallest absolute Gasteiger partial charge is 0.235 e. The minimum absolute atomic E-state index is 0.0418. The van der Waals surface area contributed by atoms with Gasteiger partial charge in [0.15, 0.2) is 9.84 Å². The number of amides is 1. The van der Waals surface area contributed by atoms with Crippen molar-refractivity contribution in [3.63, 3.8) is 0 Å². The van der Waals surface area contributed by atoms with Crippen molar-refractivity contribution in [2.75, 3.05) is 12.3 Å². The molecule has 0 unspecified atom stereocenters. The van der Waals surface area contributed by atoms with Crippen LogP contribution in [0.5, 0.6) is 0 Å². The molecule has 0 radical (unpaired) electrons. The molecule has 2 rings (SSSR count). The summed E-state index contributed by atoms with van der Waals surface area (Å²) in [6, 6.07) is 7.58. The molecule has 1 aliphatic rings. The minimum atomic E-state index is -3.42. The third-order valence-electron chi connectivity index (χ3n) is 3.84. The second-order valence-corrected chi connectivity index (χ2v) is 9.29. The predicted octanol–water partition coefficient (Wildman–Crippen LogP) is 2.43. The van der Waals surface area contributed by atoms with E-state index in [4.69, 9.17) is 0 Å².